The van der Waals surface area contributed by atoms with Gasteiger partial charge in [-0.25, -0.2) is 9.78 Å². The van der Waals surface area contributed by atoms with Crippen LogP contribution in [0.25, 0.3) is 16.3 Å². The fraction of sp³-hybridized carbons (Fsp3) is 0.158. The van der Waals surface area contributed by atoms with E-state index in [4.69, 9.17) is 9.47 Å². The number of nitrogens with zero attached hydrogens (tertiary/aromatic N) is 1. The number of esters is 1. The van der Waals surface area contributed by atoms with Crippen molar-refractivity contribution in [3.63, 3.8) is 0 Å². The Morgan fingerprint density at radius 1 is 1.12 bits per heavy atom. The summed E-state index contributed by atoms with van der Waals surface area (Å²) in [5.74, 6) is 0.364. The highest BCUT2D eigenvalue weighted by atomic mass is 32.1. The molecule has 0 N–H and O–H groups in total. The molecule has 1 heterocycles. The van der Waals surface area contributed by atoms with Crippen molar-refractivity contribution in [3.8, 4) is 5.75 Å². The molecular weight excluding hydrogens is 322 g/mol. The lowest BCUT2D eigenvalue weighted by Gasteiger charge is -2.06. The predicted octanol–water partition coefficient (Wildman–Crippen LogP) is 4.24. The lowest BCUT2D eigenvalue weighted by molar-refractivity contribution is -0.138. The van der Waals surface area contributed by atoms with E-state index in [2.05, 4.69) is 4.98 Å². The van der Waals surface area contributed by atoms with Crippen LogP contribution < -0.4 is 4.74 Å². The van der Waals surface area contributed by atoms with Crippen molar-refractivity contribution < 1.29 is 14.3 Å². The van der Waals surface area contributed by atoms with Crippen LogP contribution in [0.2, 0.25) is 0 Å². The summed E-state index contributed by atoms with van der Waals surface area (Å²) in [6.45, 7) is 2.55. The van der Waals surface area contributed by atoms with E-state index < -0.39 is 5.97 Å². The average Bonchev–Trinajstić information content (AvgIpc) is 3.01. The number of hydrogen-bond acceptors (Lipinski definition) is 5. The molecule has 1 aromatic heterocycles. The van der Waals surface area contributed by atoms with Crippen molar-refractivity contribution in [3.05, 3.63) is 65.2 Å². The number of carbonyl (C=O) groups is 1. The van der Waals surface area contributed by atoms with Crippen LogP contribution in [0.4, 0.5) is 0 Å². The molecule has 0 aliphatic heterocycles. The van der Waals surface area contributed by atoms with Gasteiger partial charge >= 0.3 is 5.97 Å². The summed E-state index contributed by atoms with van der Waals surface area (Å²) in [5, 5.41) is 0.782. The monoisotopic (exact) mass is 339 g/mol. The van der Waals surface area contributed by atoms with Crippen molar-refractivity contribution in [2.75, 3.05) is 13.2 Å². The normalized spacial score (nSPS) is 11.0. The first-order chi connectivity index (χ1) is 11.7. The Bertz CT molecular complexity index is 819. The third-order valence-electron chi connectivity index (χ3n) is 3.29. The largest absolute Gasteiger partial charge is 0.490 e. The van der Waals surface area contributed by atoms with Gasteiger partial charge in [0.1, 0.15) is 24.0 Å². The minimum Gasteiger partial charge on any atom is -0.490 e. The third kappa shape index (κ3) is 4.43. The van der Waals surface area contributed by atoms with Gasteiger partial charge < -0.3 is 9.47 Å². The van der Waals surface area contributed by atoms with Crippen molar-refractivity contribution in [2.24, 2.45) is 0 Å². The molecular formula is C19H17NO3S. The van der Waals surface area contributed by atoms with Gasteiger partial charge in [-0.15, -0.1) is 11.3 Å². The second kappa shape index (κ2) is 7.75. The number of para-hydroxylation sites is 1. The summed E-state index contributed by atoms with van der Waals surface area (Å²) in [6.07, 6.45) is 3.07. The molecule has 0 saturated heterocycles. The van der Waals surface area contributed by atoms with Crippen molar-refractivity contribution in [1.82, 2.24) is 4.98 Å². The molecule has 0 bridgehead atoms. The van der Waals surface area contributed by atoms with Gasteiger partial charge in [-0.05, 0) is 37.3 Å². The molecule has 2 aromatic carbocycles. The fourth-order valence-corrected chi connectivity index (χ4v) is 2.96. The molecule has 0 spiro atoms. The number of ether oxygens (including phenoxy) is 2. The lowest BCUT2D eigenvalue weighted by Crippen LogP contribution is -2.10. The van der Waals surface area contributed by atoms with E-state index in [0.717, 1.165) is 21.0 Å². The van der Waals surface area contributed by atoms with Crippen LogP contribution in [0, 0.1) is 6.92 Å². The summed E-state index contributed by atoms with van der Waals surface area (Å²) < 4.78 is 11.7. The SMILES string of the molecule is Cc1ccc(OCCOC(=O)/C=C/c2nc3ccccc3s2)cc1. The summed E-state index contributed by atoms with van der Waals surface area (Å²) in [4.78, 5) is 16.1. The van der Waals surface area contributed by atoms with Crippen LogP contribution in [0.15, 0.2) is 54.6 Å². The molecule has 0 radical (unpaired) electrons. The second-order valence-corrected chi connectivity index (χ2v) is 6.24. The quantitative estimate of drug-likeness (QED) is 0.383. The van der Waals surface area contributed by atoms with Gasteiger partial charge in [0, 0.05) is 6.08 Å². The topological polar surface area (TPSA) is 48.4 Å². The molecule has 3 aromatic rings. The zero-order valence-electron chi connectivity index (χ0n) is 13.3. The van der Waals surface area contributed by atoms with Gasteiger partial charge in [-0.3, -0.25) is 0 Å². The fourth-order valence-electron chi connectivity index (χ4n) is 2.09. The van der Waals surface area contributed by atoms with Crippen molar-refractivity contribution in [1.29, 1.82) is 0 Å². The lowest BCUT2D eigenvalue weighted by atomic mass is 10.2. The minimum atomic E-state index is -0.401. The van der Waals surface area contributed by atoms with E-state index in [0.29, 0.717) is 6.61 Å². The first-order valence-electron chi connectivity index (χ1n) is 7.60. The van der Waals surface area contributed by atoms with Gasteiger partial charge in [0.05, 0.1) is 10.2 Å². The molecule has 0 atom stereocenters. The van der Waals surface area contributed by atoms with Crippen LogP contribution >= 0.6 is 11.3 Å². The number of fused-ring (bicyclic) bond motifs is 1. The number of benzene rings is 2. The van der Waals surface area contributed by atoms with E-state index in [1.807, 2.05) is 55.5 Å². The van der Waals surface area contributed by atoms with Crippen molar-refractivity contribution >= 4 is 33.6 Å². The number of rotatable bonds is 6. The summed E-state index contributed by atoms with van der Waals surface area (Å²) in [7, 11) is 0. The van der Waals surface area contributed by atoms with Crippen LogP contribution in [0.1, 0.15) is 10.6 Å². The smallest absolute Gasteiger partial charge is 0.330 e. The number of thiazole rings is 1. The van der Waals surface area contributed by atoms with Gasteiger partial charge in [-0.1, -0.05) is 29.8 Å². The molecule has 3 rings (SSSR count). The summed E-state index contributed by atoms with van der Waals surface area (Å²) >= 11 is 1.54. The number of hydrogen-bond donors (Lipinski definition) is 0. The first kappa shape index (κ1) is 16.2. The first-order valence-corrected chi connectivity index (χ1v) is 8.42. The van der Waals surface area contributed by atoms with E-state index in [-0.39, 0.29) is 6.61 Å². The molecule has 0 amide bonds. The molecule has 0 unspecified atom stereocenters. The third-order valence-corrected chi connectivity index (χ3v) is 4.29. The standard InChI is InChI=1S/C19H17NO3S/c1-14-6-8-15(9-7-14)22-12-13-23-19(21)11-10-18-20-16-4-2-3-5-17(16)24-18/h2-11H,12-13H2,1H3/b11-10+. The van der Waals surface area contributed by atoms with Gasteiger partial charge in [0.2, 0.25) is 0 Å². The van der Waals surface area contributed by atoms with Gasteiger partial charge in [0.25, 0.3) is 0 Å². The van der Waals surface area contributed by atoms with E-state index in [1.165, 1.54) is 23.0 Å². The number of carbonyl (C=O) groups excluding carboxylic acids is 1. The van der Waals surface area contributed by atoms with Gasteiger partial charge in [0.15, 0.2) is 0 Å². The van der Waals surface area contributed by atoms with E-state index in [1.54, 1.807) is 6.08 Å². The second-order valence-electron chi connectivity index (χ2n) is 5.18. The Morgan fingerprint density at radius 2 is 1.92 bits per heavy atom. The van der Waals surface area contributed by atoms with E-state index in [9.17, 15) is 4.79 Å². The van der Waals surface area contributed by atoms with Crippen LogP contribution in [-0.2, 0) is 9.53 Å². The van der Waals surface area contributed by atoms with Crippen LogP contribution in [0.3, 0.4) is 0 Å². The highest BCUT2D eigenvalue weighted by Crippen LogP contribution is 2.22. The minimum absolute atomic E-state index is 0.205. The van der Waals surface area contributed by atoms with Crippen LogP contribution in [-0.4, -0.2) is 24.2 Å². The number of aromatic nitrogens is 1. The molecule has 0 saturated carbocycles. The Kier molecular flexibility index (Phi) is 5.23. The zero-order chi connectivity index (χ0) is 16.8. The van der Waals surface area contributed by atoms with Crippen molar-refractivity contribution in [2.45, 2.75) is 6.92 Å². The maximum absolute atomic E-state index is 11.7. The molecule has 122 valence electrons. The zero-order valence-corrected chi connectivity index (χ0v) is 14.1. The Labute approximate surface area is 144 Å². The molecule has 0 fully saturated rings. The predicted molar refractivity (Wildman–Crippen MR) is 96.3 cm³/mol. The number of aryl methyl sites for hydroxylation is 1. The maximum atomic E-state index is 11.7. The Balaban J connectivity index is 1.44. The van der Waals surface area contributed by atoms with Crippen LogP contribution in [0.5, 0.6) is 5.75 Å². The summed E-state index contributed by atoms with van der Waals surface area (Å²) in [5.41, 5.74) is 2.11. The van der Waals surface area contributed by atoms with E-state index >= 15 is 0 Å². The molecule has 0 aliphatic rings. The summed E-state index contributed by atoms with van der Waals surface area (Å²) in [6, 6.07) is 15.6. The van der Waals surface area contributed by atoms with Gasteiger partial charge in [-0.2, -0.15) is 0 Å². The maximum Gasteiger partial charge on any atom is 0.330 e. The molecule has 24 heavy (non-hydrogen) atoms. The molecule has 5 heteroatoms. The average molecular weight is 339 g/mol. The molecule has 0 aliphatic carbocycles. The Morgan fingerprint density at radius 3 is 2.71 bits per heavy atom. The highest BCUT2D eigenvalue weighted by molar-refractivity contribution is 7.19. The highest BCUT2D eigenvalue weighted by Gasteiger charge is 2.02. The molecule has 4 nitrogen and oxygen atoms in total. The Hall–Kier alpha value is -2.66.